The van der Waals surface area contributed by atoms with Gasteiger partial charge in [0.25, 0.3) is 5.89 Å². The molecule has 2 aromatic heterocycles. The number of benzene rings is 2. The average molecular weight is 305 g/mol. The summed E-state index contributed by atoms with van der Waals surface area (Å²) in [6.07, 6.45) is 0. The predicted molar refractivity (Wildman–Crippen MR) is 87.6 cm³/mol. The van der Waals surface area contributed by atoms with E-state index in [1.54, 1.807) is 0 Å². The molecule has 114 valence electrons. The van der Waals surface area contributed by atoms with Gasteiger partial charge >= 0.3 is 0 Å². The van der Waals surface area contributed by atoms with Gasteiger partial charge in [0.1, 0.15) is 5.76 Å². The molecular weight excluding hydrogens is 290 g/mol. The van der Waals surface area contributed by atoms with Gasteiger partial charge in [-0.2, -0.15) is 4.98 Å². The average Bonchev–Trinajstić information content (AvgIpc) is 3.20. The molecule has 4 aromatic rings. The topological polar surface area (TPSA) is 78.1 Å². The van der Waals surface area contributed by atoms with Crippen molar-refractivity contribution in [2.45, 2.75) is 13.5 Å². The fraction of sp³-hybridized carbons (Fsp3) is 0.111. The number of fused-ring (bicyclic) bond motifs is 1. The van der Waals surface area contributed by atoms with Crippen molar-refractivity contribution in [2.75, 3.05) is 0 Å². The molecule has 0 aliphatic rings. The van der Waals surface area contributed by atoms with Crippen LogP contribution in [0.1, 0.15) is 11.3 Å². The van der Waals surface area contributed by atoms with E-state index in [2.05, 4.69) is 22.3 Å². The van der Waals surface area contributed by atoms with Crippen molar-refractivity contribution < 1.29 is 8.94 Å². The number of nitrogens with two attached hydrogens (primary N) is 1. The third-order valence-electron chi connectivity index (χ3n) is 3.82. The number of hydrogen-bond donors (Lipinski definition) is 1. The first-order valence-electron chi connectivity index (χ1n) is 7.38. The summed E-state index contributed by atoms with van der Waals surface area (Å²) in [7, 11) is 0. The van der Waals surface area contributed by atoms with E-state index in [-0.39, 0.29) is 0 Å². The molecule has 23 heavy (non-hydrogen) atoms. The van der Waals surface area contributed by atoms with E-state index in [9.17, 15) is 0 Å². The van der Waals surface area contributed by atoms with E-state index >= 15 is 0 Å². The van der Waals surface area contributed by atoms with Crippen LogP contribution in [0.5, 0.6) is 0 Å². The Morgan fingerprint density at radius 2 is 1.91 bits per heavy atom. The molecule has 2 aromatic carbocycles. The zero-order valence-corrected chi connectivity index (χ0v) is 12.6. The van der Waals surface area contributed by atoms with Crippen LogP contribution in [0.2, 0.25) is 0 Å². The van der Waals surface area contributed by atoms with Gasteiger partial charge in [-0.3, -0.25) is 0 Å². The van der Waals surface area contributed by atoms with Crippen molar-refractivity contribution in [3.63, 3.8) is 0 Å². The Balaban J connectivity index is 1.82. The molecule has 0 atom stereocenters. The van der Waals surface area contributed by atoms with Crippen molar-refractivity contribution in [3.05, 3.63) is 59.9 Å². The number of rotatable bonds is 3. The number of nitrogens with zero attached hydrogens (tertiary/aromatic N) is 2. The van der Waals surface area contributed by atoms with Crippen molar-refractivity contribution in [1.82, 2.24) is 10.1 Å². The largest absolute Gasteiger partial charge is 0.454 e. The van der Waals surface area contributed by atoms with Gasteiger partial charge in [-0.15, -0.1) is 0 Å². The highest BCUT2D eigenvalue weighted by molar-refractivity contribution is 5.95. The maximum atomic E-state index is 5.67. The number of hydrogen-bond acceptors (Lipinski definition) is 5. The molecule has 5 heteroatoms. The molecule has 0 aliphatic carbocycles. The maximum absolute atomic E-state index is 5.67. The molecule has 2 N–H and O–H groups in total. The van der Waals surface area contributed by atoms with E-state index < -0.39 is 0 Å². The van der Waals surface area contributed by atoms with E-state index in [1.807, 2.05) is 43.3 Å². The maximum Gasteiger partial charge on any atom is 0.294 e. The molecule has 0 saturated heterocycles. The van der Waals surface area contributed by atoms with Gasteiger partial charge in [0, 0.05) is 11.1 Å². The Morgan fingerprint density at radius 3 is 2.74 bits per heavy atom. The second-order valence-corrected chi connectivity index (χ2v) is 5.38. The molecule has 0 radical (unpaired) electrons. The summed E-state index contributed by atoms with van der Waals surface area (Å²) < 4.78 is 11.1. The molecule has 0 spiro atoms. The summed E-state index contributed by atoms with van der Waals surface area (Å²) in [4.78, 5) is 4.50. The van der Waals surface area contributed by atoms with Gasteiger partial charge in [-0.25, -0.2) is 0 Å². The highest BCUT2D eigenvalue weighted by Crippen LogP contribution is 2.30. The first kappa shape index (κ1) is 13.7. The molecular formula is C18H15N3O2. The third kappa shape index (κ3) is 2.31. The van der Waals surface area contributed by atoms with E-state index in [0.29, 0.717) is 29.8 Å². The molecule has 4 rings (SSSR count). The van der Waals surface area contributed by atoms with E-state index in [4.69, 9.17) is 14.7 Å². The Morgan fingerprint density at radius 1 is 1.09 bits per heavy atom. The molecule has 0 bridgehead atoms. The van der Waals surface area contributed by atoms with Crippen molar-refractivity contribution in [2.24, 2.45) is 5.73 Å². The zero-order valence-electron chi connectivity index (χ0n) is 12.6. The third-order valence-corrected chi connectivity index (χ3v) is 3.82. The lowest BCUT2D eigenvalue weighted by Crippen LogP contribution is -1.92. The fourth-order valence-corrected chi connectivity index (χ4v) is 2.71. The Kier molecular flexibility index (Phi) is 3.20. The number of furan rings is 1. The zero-order chi connectivity index (χ0) is 15.8. The van der Waals surface area contributed by atoms with Crippen LogP contribution in [0.15, 0.2) is 57.5 Å². The molecule has 0 unspecified atom stereocenters. The minimum Gasteiger partial charge on any atom is -0.454 e. The minimum atomic E-state index is 0.338. The predicted octanol–water partition coefficient (Wildman–Crippen LogP) is 3.92. The van der Waals surface area contributed by atoms with Crippen LogP contribution < -0.4 is 5.73 Å². The monoisotopic (exact) mass is 305 g/mol. The first-order chi connectivity index (χ1) is 11.3. The van der Waals surface area contributed by atoms with E-state index in [0.717, 1.165) is 21.9 Å². The van der Waals surface area contributed by atoms with Crippen molar-refractivity contribution in [3.8, 4) is 23.0 Å². The van der Waals surface area contributed by atoms with Crippen molar-refractivity contribution >= 4 is 10.8 Å². The van der Waals surface area contributed by atoms with E-state index in [1.165, 1.54) is 0 Å². The normalized spacial score (nSPS) is 11.2. The van der Waals surface area contributed by atoms with Crippen molar-refractivity contribution in [1.29, 1.82) is 0 Å². The summed E-state index contributed by atoms with van der Waals surface area (Å²) in [6, 6.07) is 16.0. The number of aryl methyl sites for hydroxylation is 1. The lowest BCUT2D eigenvalue weighted by atomic mass is 10.0. The SMILES string of the molecule is Cc1cc(CN)oc1-c1nc(-c2cccc3ccccc23)no1. The van der Waals surface area contributed by atoms with Crippen LogP contribution in [0, 0.1) is 6.92 Å². The van der Waals surface area contributed by atoms with Crippen LogP contribution in [0.3, 0.4) is 0 Å². The highest BCUT2D eigenvalue weighted by Gasteiger charge is 2.18. The Bertz CT molecular complexity index is 980. The van der Waals surface area contributed by atoms with Crippen LogP contribution in [0.25, 0.3) is 33.8 Å². The highest BCUT2D eigenvalue weighted by atomic mass is 16.5. The molecule has 0 fully saturated rings. The first-order valence-corrected chi connectivity index (χ1v) is 7.38. The lowest BCUT2D eigenvalue weighted by molar-refractivity contribution is 0.411. The Hall–Kier alpha value is -2.92. The minimum absolute atomic E-state index is 0.338. The number of aromatic nitrogens is 2. The molecule has 0 amide bonds. The summed E-state index contributed by atoms with van der Waals surface area (Å²) in [5, 5.41) is 6.33. The molecule has 5 nitrogen and oxygen atoms in total. The second-order valence-electron chi connectivity index (χ2n) is 5.38. The second kappa shape index (κ2) is 5.37. The van der Waals surface area contributed by atoms with Gasteiger partial charge in [0.05, 0.1) is 6.54 Å². The smallest absolute Gasteiger partial charge is 0.294 e. The van der Waals surface area contributed by atoms with Gasteiger partial charge in [0.2, 0.25) is 5.82 Å². The van der Waals surface area contributed by atoms with Crippen LogP contribution in [0.4, 0.5) is 0 Å². The summed E-state index contributed by atoms with van der Waals surface area (Å²) in [6.45, 7) is 2.27. The lowest BCUT2D eigenvalue weighted by Gasteiger charge is -2.01. The van der Waals surface area contributed by atoms with Gasteiger partial charge in [0.15, 0.2) is 5.76 Å². The fourth-order valence-electron chi connectivity index (χ4n) is 2.71. The molecule has 0 aliphatic heterocycles. The summed E-state index contributed by atoms with van der Waals surface area (Å²) in [5.41, 5.74) is 7.47. The standard InChI is InChI=1S/C18H15N3O2/c1-11-9-13(10-19)22-16(11)18-20-17(21-23-18)15-8-4-6-12-5-2-3-7-14(12)15/h2-9H,10,19H2,1H3. The van der Waals surface area contributed by atoms with Gasteiger partial charge in [-0.1, -0.05) is 47.6 Å². The van der Waals surface area contributed by atoms with Crippen LogP contribution in [-0.2, 0) is 6.54 Å². The van der Waals surface area contributed by atoms with Crippen LogP contribution >= 0.6 is 0 Å². The summed E-state index contributed by atoms with van der Waals surface area (Å²) >= 11 is 0. The van der Waals surface area contributed by atoms with Crippen LogP contribution in [-0.4, -0.2) is 10.1 Å². The summed E-state index contributed by atoms with van der Waals surface area (Å²) in [5.74, 6) is 2.18. The molecule has 2 heterocycles. The molecule has 0 saturated carbocycles. The van der Waals surface area contributed by atoms with Gasteiger partial charge in [-0.05, 0) is 23.8 Å². The quantitative estimate of drug-likeness (QED) is 0.620. The Labute approximate surface area is 132 Å². The van der Waals surface area contributed by atoms with Gasteiger partial charge < -0.3 is 14.7 Å².